The molecule has 4 N–H and O–H groups in total. The number of benzene rings is 1. The van der Waals surface area contributed by atoms with E-state index in [1.54, 1.807) is 5.32 Å². The Morgan fingerprint density at radius 2 is 1.62 bits per heavy atom. The van der Waals surface area contributed by atoms with Crippen LogP contribution in [-0.4, -0.2) is 5.96 Å². The predicted molar refractivity (Wildman–Crippen MR) is 53.4 cm³/mol. The van der Waals surface area contributed by atoms with E-state index in [-0.39, 0.29) is 6.07 Å². The van der Waals surface area contributed by atoms with Crippen molar-refractivity contribution < 1.29 is 19.4 Å². The number of hydrogen-bond donors (Lipinski definition) is 3. The molecule has 0 aliphatic carbocycles. The van der Waals surface area contributed by atoms with E-state index >= 15 is 0 Å². The standard InChI is InChI=1S/C7H8F5N3S/c8-16(9,10,11,12)6-4-2-1-3-5(6)15-7(13)14/h1-4H,(H4,13,14,15). The van der Waals surface area contributed by atoms with Crippen LogP contribution in [0.3, 0.4) is 0 Å². The van der Waals surface area contributed by atoms with E-state index in [1.807, 2.05) is 0 Å². The molecule has 0 heterocycles. The van der Waals surface area contributed by atoms with Crippen LogP contribution in [0, 0.1) is 5.41 Å². The van der Waals surface area contributed by atoms with Crippen molar-refractivity contribution in [3.8, 4) is 0 Å². The number of anilines is 1. The zero-order chi connectivity index (χ0) is 12.7. The Bertz CT molecular complexity index is 440. The van der Waals surface area contributed by atoms with E-state index in [1.165, 1.54) is 0 Å². The minimum absolute atomic E-state index is 0.243. The van der Waals surface area contributed by atoms with Crippen LogP contribution in [-0.2, 0) is 0 Å². The highest BCUT2D eigenvalue weighted by molar-refractivity contribution is 8.45. The van der Waals surface area contributed by atoms with Gasteiger partial charge in [-0.25, -0.2) is 0 Å². The Kier molecular flexibility index (Phi) is 2.19. The molecule has 3 nitrogen and oxygen atoms in total. The van der Waals surface area contributed by atoms with E-state index < -0.39 is 26.8 Å². The Balaban J connectivity index is 3.42. The van der Waals surface area contributed by atoms with Gasteiger partial charge in [0.05, 0.1) is 5.69 Å². The van der Waals surface area contributed by atoms with Gasteiger partial charge in [0, 0.05) is 0 Å². The molecule has 0 unspecified atom stereocenters. The maximum Gasteiger partial charge on any atom is 0.312 e. The van der Waals surface area contributed by atoms with Gasteiger partial charge in [0.1, 0.15) is 4.90 Å². The van der Waals surface area contributed by atoms with Crippen molar-refractivity contribution in [1.29, 1.82) is 5.41 Å². The molecule has 0 fully saturated rings. The van der Waals surface area contributed by atoms with Gasteiger partial charge in [-0.2, -0.15) is 0 Å². The molecule has 0 radical (unpaired) electrons. The van der Waals surface area contributed by atoms with Crippen LogP contribution >= 0.6 is 10.2 Å². The molecule has 1 rings (SSSR count). The van der Waals surface area contributed by atoms with Gasteiger partial charge in [0.25, 0.3) is 0 Å². The maximum atomic E-state index is 12.5. The molecule has 0 saturated carbocycles. The number of halogens is 5. The van der Waals surface area contributed by atoms with Crippen molar-refractivity contribution in [2.75, 3.05) is 5.32 Å². The van der Waals surface area contributed by atoms with Gasteiger partial charge in [-0.15, -0.1) is 0 Å². The SMILES string of the molecule is N=C(N)Nc1ccccc1S(F)(F)(F)(F)F. The maximum absolute atomic E-state index is 12.5. The first-order valence-corrected chi connectivity index (χ1v) is 5.79. The zero-order valence-corrected chi connectivity index (χ0v) is 8.50. The third-order valence-electron chi connectivity index (χ3n) is 1.57. The van der Waals surface area contributed by atoms with Crippen molar-refractivity contribution in [1.82, 2.24) is 0 Å². The molecular formula is C7H8F5N3S. The van der Waals surface area contributed by atoms with Gasteiger partial charge in [-0.3, -0.25) is 5.41 Å². The van der Waals surface area contributed by atoms with Crippen LogP contribution < -0.4 is 11.1 Å². The summed E-state index contributed by atoms with van der Waals surface area (Å²) in [5, 5.41) is 8.45. The van der Waals surface area contributed by atoms with Crippen molar-refractivity contribution in [3.63, 3.8) is 0 Å². The Morgan fingerprint density at radius 3 is 2.06 bits per heavy atom. The highest BCUT2D eigenvalue weighted by Gasteiger charge is 2.66. The molecule has 9 heteroatoms. The molecule has 1 aromatic carbocycles. The summed E-state index contributed by atoms with van der Waals surface area (Å²) in [4.78, 5) is -2.09. The van der Waals surface area contributed by atoms with Crippen LogP contribution in [0.25, 0.3) is 0 Å². The van der Waals surface area contributed by atoms with Crippen LogP contribution in [0.15, 0.2) is 29.2 Å². The zero-order valence-electron chi connectivity index (χ0n) is 7.68. The summed E-state index contributed by atoms with van der Waals surface area (Å²) in [5.74, 6) is -0.853. The Morgan fingerprint density at radius 1 is 1.12 bits per heavy atom. The molecule has 0 saturated heterocycles. The summed E-state index contributed by atoms with van der Waals surface area (Å²) in [5.41, 5.74) is 3.86. The first-order valence-electron chi connectivity index (χ1n) is 3.84. The first-order chi connectivity index (χ1) is 6.90. The van der Waals surface area contributed by atoms with Crippen molar-refractivity contribution in [3.05, 3.63) is 24.3 Å². The summed E-state index contributed by atoms with van der Waals surface area (Å²) < 4.78 is 62.5. The second-order valence-electron chi connectivity index (χ2n) is 3.00. The average molecular weight is 261 g/mol. The predicted octanol–water partition coefficient (Wildman–Crippen LogP) is 3.65. The van der Waals surface area contributed by atoms with Crippen molar-refractivity contribution in [2.45, 2.75) is 4.90 Å². The van der Waals surface area contributed by atoms with Gasteiger partial charge < -0.3 is 11.1 Å². The summed E-state index contributed by atoms with van der Waals surface area (Å²) in [6.07, 6.45) is 0. The number of hydrogen-bond acceptors (Lipinski definition) is 1. The molecule has 92 valence electrons. The van der Waals surface area contributed by atoms with E-state index in [0.717, 1.165) is 18.2 Å². The van der Waals surface area contributed by atoms with Crippen LogP contribution in [0.1, 0.15) is 0 Å². The second kappa shape index (κ2) is 2.78. The van der Waals surface area contributed by atoms with Gasteiger partial charge >= 0.3 is 10.2 Å². The summed E-state index contributed by atoms with van der Waals surface area (Å²) in [7, 11) is -9.77. The molecule has 0 aliphatic heterocycles. The highest BCUT2D eigenvalue weighted by atomic mass is 32.5. The molecule has 1 aromatic rings. The lowest BCUT2D eigenvalue weighted by Gasteiger charge is -2.41. The largest absolute Gasteiger partial charge is 0.370 e. The van der Waals surface area contributed by atoms with Gasteiger partial charge in [0.15, 0.2) is 5.96 Å². The molecule has 0 aromatic heterocycles. The van der Waals surface area contributed by atoms with E-state index in [2.05, 4.69) is 0 Å². The van der Waals surface area contributed by atoms with Crippen LogP contribution in [0.4, 0.5) is 25.1 Å². The van der Waals surface area contributed by atoms with Crippen LogP contribution in [0.5, 0.6) is 0 Å². The van der Waals surface area contributed by atoms with Gasteiger partial charge in [0.2, 0.25) is 0 Å². The molecule has 0 atom stereocenters. The molecule has 0 spiro atoms. The summed E-state index contributed by atoms with van der Waals surface area (Å²) in [6.45, 7) is 0. The number of nitrogens with one attached hydrogen (secondary N) is 2. The van der Waals surface area contributed by atoms with E-state index in [0.29, 0.717) is 0 Å². The minimum Gasteiger partial charge on any atom is -0.370 e. The Labute approximate surface area is 87.7 Å². The molecule has 0 aliphatic rings. The average Bonchev–Trinajstić information content (AvgIpc) is 1.99. The quantitative estimate of drug-likeness (QED) is 0.432. The third-order valence-corrected chi connectivity index (χ3v) is 2.76. The lowest BCUT2D eigenvalue weighted by molar-refractivity contribution is 0.365. The summed E-state index contributed by atoms with van der Waals surface area (Å²) >= 11 is 0. The highest BCUT2D eigenvalue weighted by Crippen LogP contribution is 3.02. The van der Waals surface area contributed by atoms with Crippen molar-refractivity contribution in [2.24, 2.45) is 5.73 Å². The Hall–Kier alpha value is -1.51. The number of nitrogens with two attached hydrogens (primary N) is 1. The fraction of sp³-hybridized carbons (Fsp3) is 0. The van der Waals surface area contributed by atoms with Gasteiger partial charge in [-0.1, -0.05) is 31.6 Å². The normalized spacial score (nSPS) is 16.1. The lowest BCUT2D eigenvalue weighted by atomic mass is 10.3. The lowest BCUT2D eigenvalue weighted by Crippen LogP contribution is -2.22. The third kappa shape index (κ3) is 2.99. The van der Waals surface area contributed by atoms with E-state index in [9.17, 15) is 19.4 Å². The monoisotopic (exact) mass is 261 g/mol. The fourth-order valence-corrected chi connectivity index (χ4v) is 1.92. The number of guanidine groups is 1. The number of rotatable bonds is 2. The van der Waals surface area contributed by atoms with Gasteiger partial charge in [-0.05, 0) is 12.1 Å². The molecule has 16 heavy (non-hydrogen) atoms. The van der Waals surface area contributed by atoms with E-state index in [4.69, 9.17) is 11.1 Å². The first kappa shape index (κ1) is 12.6. The van der Waals surface area contributed by atoms with Crippen LogP contribution in [0.2, 0.25) is 0 Å². The molecular weight excluding hydrogens is 253 g/mol. The topological polar surface area (TPSA) is 61.9 Å². The molecule has 0 amide bonds. The summed E-state index contributed by atoms with van der Waals surface area (Å²) in [6, 6.07) is 2.97. The fourth-order valence-electron chi connectivity index (χ4n) is 1.05. The smallest absolute Gasteiger partial charge is 0.312 e. The van der Waals surface area contributed by atoms with Crippen molar-refractivity contribution >= 4 is 21.9 Å². The number of para-hydroxylation sites is 1. The second-order valence-corrected chi connectivity index (χ2v) is 5.38. The molecule has 0 bridgehead atoms. The minimum atomic E-state index is -9.77.